The molecule has 2 N–H and O–H groups in total. The number of carbonyl (C=O) groups excluding carboxylic acids is 1. The van der Waals surface area contributed by atoms with E-state index in [-0.39, 0.29) is 5.69 Å². The van der Waals surface area contributed by atoms with E-state index in [0.29, 0.717) is 12.3 Å². The van der Waals surface area contributed by atoms with Crippen molar-refractivity contribution in [2.45, 2.75) is 13.8 Å². The predicted octanol–water partition coefficient (Wildman–Crippen LogP) is 1.07. The fraction of sp³-hybridized carbons (Fsp3) is 0.250. The SMILES string of the molecule is CCOc1ccc(-n2nnc(C(N)=O)c2C)cc1. The molecule has 0 atom stereocenters. The number of amides is 1. The van der Waals surface area contributed by atoms with Gasteiger partial charge in [0.05, 0.1) is 18.0 Å². The summed E-state index contributed by atoms with van der Waals surface area (Å²) in [5.41, 5.74) is 6.80. The zero-order valence-electron chi connectivity index (χ0n) is 10.3. The van der Waals surface area contributed by atoms with E-state index in [1.807, 2.05) is 31.2 Å². The highest BCUT2D eigenvalue weighted by Crippen LogP contribution is 2.16. The Morgan fingerprint density at radius 2 is 2.06 bits per heavy atom. The smallest absolute Gasteiger partial charge is 0.271 e. The Balaban J connectivity index is 2.34. The van der Waals surface area contributed by atoms with Gasteiger partial charge in [0.1, 0.15) is 5.75 Å². The van der Waals surface area contributed by atoms with Gasteiger partial charge >= 0.3 is 0 Å². The number of carbonyl (C=O) groups is 1. The molecule has 0 spiro atoms. The summed E-state index contributed by atoms with van der Waals surface area (Å²) in [5, 5.41) is 7.67. The first-order valence-corrected chi connectivity index (χ1v) is 5.58. The van der Waals surface area contributed by atoms with E-state index in [0.717, 1.165) is 11.4 Å². The topological polar surface area (TPSA) is 83.0 Å². The Morgan fingerprint density at radius 3 is 2.56 bits per heavy atom. The van der Waals surface area contributed by atoms with E-state index in [1.54, 1.807) is 11.6 Å². The van der Waals surface area contributed by atoms with Crippen LogP contribution in [0.4, 0.5) is 0 Å². The number of hydrogen-bond donors (Lipinski definition) is 1. The van der Waals surface area contributed by atoms with Gasteiger partial charge in [-0.2, -0.15) is 0 Å². The summed E-state index contributed by atoms with van der Waals surface area (Å²) in [6, 6.07) is 7.36. The Kier molecular flexibility index (Phi) is 3.27. The van der Waals surface area contributed by atoms with Gasteiger partial charge in [0.25, 0.3) is 5.91 Å². The van der Waals surface area contributed by atoms with Crippen LogP contribution in [0.15, 0.2) is 24.3 Å². The molecule has 0 saturated heterocycles. The summed E-state index contributed by atoms with van der Waals surface area (Å²) in [6.45, 7) is 4.29. The lowest BCUT2D eigenvalue weighted by atomic mass is 10.2. The van der Waals surface area contributed by atoms with Crippen LogP contribution in [0.25, 0.3) is 5.69 Å². The van der Waals surface area contributed by atoms with E-state index in [2.05, 4.69) is 10.3 Å². The molecular formula is C12H14N4O2. The lowest BCUT2D eigenvalue weighted by Crippen LogP contribution is -2.13. The van der Waals surface area contributed by atoms with Crippen molar-refractivity contribution >= 4 is 5.91 Å². The minimum absolute atomic E-state index is 0.184. The molecule has 0 aliphatic rings. The molecule has 6 heteroatoms. The Hall–Kier alpha value is -2.37. The van der Waals surface area contributed by atoms with Gasteiger partial charge < -0.3 is 10.5 Å². The second kappa shape index (κ2) is 4.87. The molecule has 1 aromatic carbocycles. The molecule has 1 heterocycles. The number of ether oxygens (including phenoxy) is 1. The van der Waals surface area contributed by atoms with Crippen LogP contribution < -0.4 is 10.5 Å². The van der Waals surface area contributed by atoms with Crippen LogP contribution in [0.1, 0.15) is 23.1 Å². The van der Waals surface area contributed by atoms with Crippen molar-refractivity contribution in [3.8, 4) is 11.4 Å². The maximum absolute atomic E-state index is 11.1. The molecule has 0 aliphatic heterocycles. The summed E-state index contributed by atoms with van der Waals surface area (Å²) in [4.78, 5) is 11.1. The van der Waals surface area contributed by atoms with E-state index in [4.69, 9.17) is 10.5 Å². The lowest BCUT2D eigenvalue weighted by Gasteiger charge is -2.05. The Labute approximate surface area is 104 Å². The van der Waals surface area contributed by atoms with Crippen LogP contribution in [-0.2, 0) is 0 Å². The molecule has 0 radical (unpaired) electrons. The van der Waals surface area contributed by atoms with Gasteiger partial charge in [0, 0.05) is 0 Å². The van der Waals surface area contributed by atoms with Gasteiger partial charge in [0.15, 0.2) is 5.69 Å². The highest BCUT2D eigenvalue weighted by molar-refractivity contribution is 5.91. The van der Waals surface area contributed by atoms with Crippen LogP contribution in [-0.4, -0.2) is 27.5 Å². The van der Waals surface area contributed by atoms with Gasteiger partial charge in [-0.3, -0.25) is 4.79 Å². The Bertz CT molecular complexity index is 560. The second-order valence-corrected chi connectivity index (χ2v) is 3.73. The lowest BCUT2D eigenvalue weighted by molar-refractivity contribution is 0.0995. The van der Waals surface area contributed by atoms with Crippen LogP contribution >= 0.6 is 0 Å². The third-order valence-corrected chi connectivity index (χ3v) is 2.52. The average Bonchev–Trinajstić information content (AvgIpc) is 2.73. The highest BCUT2D eigenvalue weighted by atomic mass is 16.5. The number of rotatable bonds is 4. The van der Waals surface area contributed by atoms with Crippen molar-refractivity contribution in [3.63, 3.8) is 0 Å². The second-order valence-electron chi connectivity index (χ2n) is 3.73. The summed E-state index contributed by atoms with van der Waals surface area (Å²) < 4.78 is 6.92. The van der Waals surface area contributed by atoms with Gasteiger partial charge in [0.2, 0.25) is 0 Å². The van der Waals surface area contributed by atoms with E-state index in [1.165, 1.54) is 0 Å². The largest absolute Gasteiger partial charge is 0.494 e. The van der Waals surface area contributed by atoms with Gasteiger partial charge in [-0.25, -0.2) is 4.68 Å². The van der Waals surface area contributed by atoms with E-state index in [9.17, 15) is 4.79 Å². The van der Waals surface area contributed by atoms with Crippen molar-refractivity contribution in [1.82, 2.24) is 15.0 Å². The molecule has 0 fully saturated rings. The number of hydrogen-bond acceptors (Lipinski definition) is 4. The molecule has 1 amide bonds. The zero-order chi connectivity index (χ0) is 13.1. The molecule has 1 aromatic heterocycles. The molecule has 0 bridgehead atoms. The molecule has 2 aromatic rings. The third-order valence-electron chi connectivity index (χ3n) is 2.52. The van der Waals surface area contributed by atoms with Crippen molar-refractivity contribution in [2.24, 2.45) is 5.73 Å². The first-order valence-electron chi connectivity index (χ1n) is 5.58. The van der Waals surface area contributed by atoms with Gasteiger partial charge in [-0.15, -0.1) is 5.10 Å². The molecule has 18 heavy (non-hydrogen) atoms. The average molecular weight is 246 g/mol. The monoisotopic (exact) mass is 246 g/mol. The van der Waals surface area contributed by atoms with Crippen LogP contribution in [0.5, 0.6) is 5.75 Å². The van der Waals surface area contributed by atoms with Gasteiger partial charge in [-0.05, 0) is 38.1 Å². The van der Waals surface area contributed by atoms with E-state index >= 15 is 0 Å². The summed E-state index contributed by atoms with van der Waals surface area (Å²) in [6.07, 6.45) is 0. The maximum atomic E-state index is 11.1. The number of benzene rings is 1. The minimum atomic E-state index is -0.579. The van der Waals surface area contributed by atoms with Crippen LogP contribution in [0.2, 0.25) is 0 Å². The minimum Gasteiger partial charge on any atom is -0.494 e. The molecular weight excluding hydrogens is 232 g/mol. The summed E-state index contributed by atoms with van der Waals surface area (Å²) in [5.74, 6) is 0.207. The van der Waals surface area contributed by atoms with Crippen molar-refractivity contribution in [1.29, 1.82) is 0 Å². The molecule has 0 aliphatic carbocycles. The molecule has 94 valence electrons. The number of primary amides is 1. The molecule has 0 unspecified atom stereocenters. The van der Waals surface area contributed by atoms with E-state index < -0.39 is 5.91 Å². The quantitative estimate of drug-likeness (QED) is 0.874. The molecule has 6 nitrogen and oxygen atoms in total. The summed E-state index contributed by atoms with van der Waals surface area (Å²) >= 11 is 0. The highest BCUT2D eigenvalue weighted by Gasteiger charge is 2.14. The summed E-state index contributed by atoms with van der Waals surface area (Å²) in [7, 11) is 0. The Morgan fingerprint density at radius 1 is 1.39 bits per heavy atom. The van der Waals surface area contributed by atoms with Crippen molar-refractivity contribution in [3.05, 3.63) is 35.7 Å². The zero-order valence-corrected chi connectivity index (χ0v) is 10.3. The standard InChI is InChI=1S/C12H14N4O2/c1-3-18-10-6-4-9(5-7-10)16-8(2)11(12(13)17)14-15-16/h4-7H,3H2,1-2H3,(H2,13,17). The number of aromatic nitrogens is 3. The molecule has 2 rings (SSSR count). The number of nitrogens with two attached hydrogens (primary N) is 1. The third kappa shape index (κ3) is 2.17. The van der Waals surface area contributed by atoms with Crippen LogP contribution in [0.3, 0.4) is 0 Å². The maximum Gasteiger partial charge on any atom is 0.271 e. The van der Waals surface area contributed by atoms with Crippen LogP contribution in [0, 0.1) is 6.92 Å². The van der Waals surface area contributed by atoms with Gasteiger partial charge in [-0.1, -0.05) is 5.21 Å². The first-order chi connectivity index (χ1) is 8.63. The fourth-order valence-corrected chi connectivity index (χ4v) is 1.65. The molecule has 0 saturated carbocycles. The van der Waals surface area contributed by atoms with Crippen molar-refractivity contribution < 1.29 is 9.53 Å². The normalized spacial score (nSPS) is 10.3. The predicted molar refractivity (Wildman–Crippen MR) is 65.8 cm³/mol. The fourth-order valence-electron chi connectivity index (χ4n) is 1.65. The number of nitrogens with zero attached hydrogens (tertiary/aromatic N) is 3. The first kappa shape index (κ1) is 12.1. The van der Waals surface area contributed by atoms with Crippen molar-refractivity contribution in [2.75, 3.05) is 6.61 Å².